The summed E-state index contributed by atoms with van der Waals surface area (Å²) in [5.74, 6) is -0.603. The van der Waals surface area contributed by atoms with Gasteiger partial charge in [0.25, 0.3) is 11.6 Å². The Morgan fingerprint density at radius 3 is 2.32 bits per heavy atom. The van der Waals surface area contributed by atoms with Gasteiger partial charge in [0.05, 0.1) is 15.9 Å². The Morgan fingerprint density at radius 1 is 1.32 bits per heavy atom. The molecule has 0 spiro atoms. The van der Waals surface area contributed by atoms with Gasteiger partial charge in [-0.1, -0.05) is 0 Å². The molecular formula is C16H18BrN3O5. The molecule has 0 aliphatic heterocycles. The molecular weight excluding hydrogens is 394 g/mol. The number of carbonyl (C=O) groups excluding carboxylic acids is 1. The van der Waals surface area contributed by atoms with Crippen LogP contribution in [-0.2, 0) is 16.0 Å². The third-order valence-electron chi connectivity index (χ3n) is 3.92. The van der Waals surface area contributed by atoms with Crippen LogP contribution in [0.15, 0.2) is 28.7 Å². The summed E-state index contributed by atoms with van der Waals surface area (Å²) in [4.78, 5) is 22.3. The Morgan fingerprint density at radius 2 is 1.88 bits per heavy atom. The van der Waals surface area contributed by atoms with E-state index in [9.17, 15) is 14.9 Å². The van der Waals surface area contributed by atoms with Crippen molar-refractivity contribution in [1.82, 2.24) is 4.57 Å². The first-order chi connectivity index (χ1) is 11.8. The number of nitrogens with two attached hydrogens (primary N) is 1. The minimum absolute atomic E-state index is 0.00841. The highest BCUT2D eigenvalue weighted by molar-refractivity contribution is 9.10. The van der Waals surface area contributed by atoms with E-state index in [1.165, 1.54) is 26.4 Å². The van der Waals surface area contributed by atoms with Crippen LogP contribution >= 0.6 is 15.9 Å². The lowest BCUT2D eigenvalue weighted by molar-refractivity contribution is -0.384. The molecule has 2 rings (SSSR count). The number of carbonyl (C=O) groups is 1. The molecule has 0 fully saturated rings. The number of halogens is 1. The van der Waals surface area contributed by atoms with E-state index in [0.29, 0.717) is 4.47 Å². The van der Waals surface area contributed by atoms with Gasteiger partial charge in [0.15, 0.2) is 6.29 Å². The van der Waals surface area contributed by atoms with E-state index >= 15 is 0 Å². The van der Waals surface area contributed by atoms with Crippen molar-refractivity contribution in [2.45, 2.75) is 19.8 Å². The van der Waals surface area contributed by atoms with Gasteiger partial charge in [0, 0.05) is 37.6 Å². The predicted molar refractivity (Wildman–Crippen MR) is 95.3 cm³/mol. The number of aromatic nitrogens is 1. The molecule has 9 heteroatoms. The lowest BCUT2D eigenvalue weighted by atomic mass is 10.1. The van der Waals surface area contributed by atoms with Crippen molar-refractivity contribution in [1.29, 1.82) is 0 Å². The third-order valence-corrected chi connectivity index (χ3v) is 4.69. The van der Waals surface area contributed by atoms with Crippen LogP contribution < -0.4 is 5.73 Å². The first-order valence-electron chi connectivity index (χ1n) is 7.30. The van der Waals surface area contributed by atoms with E-state index in [2.05, 4.69) is 15.9 Å². The molecule has 0 aliphatic rings. The van der Waals surface area contributed by atoms with Gasteiger partial charge in [0.2, 0.25) is 0 Å². The zero-order chi connectivity index (χ0) is 18.7. The van der Waals surface area contributed by atoms with Crippen LogP contribution in [0.4, 0.5) is 5.69 Å². The normalized spacial score (nSPS) is 11.1. The molecule has 0 atom stereocenters. The molecule has 2 N–H and O–H groups in total. The summed E-state index contributed by atoms with van der Waals surface area (Å²) >= 11 is 3.43. The van der Waals surface area contributed by atoms with Crippen LogP contribution in [0, 0.1) is 17.0 Å². The van der Waals surface area contributed by atoms with Crippen molar-refractivity contribution in [3.05, 3.63) is 50.2 Å². The SMILES string of the molecule is COC(Cn1c(C)c(-c2ccc([N+](=O)[O-])cc2)c(Br)c1C(N)=O)OC. The zero-order valence-corrected chi connectivity index (χ0v) is 15.6. The Kier molecular flexibility index (Phi) is 5.93. The smallest absolute Gasteiger partial charge is 0.269 e. The monoisotopic (exact) mass is 411 g/mol. The van der Waals surface area contributed by atoms with Crippen LogP contribution in [0.2, 0.25) is 0 Å². The lowest BCUT2D eigenvalue weighted by Gasteiger charge is -2.17. The van der Waals surface area contributed by atoms with E-state index in [1.807, 2.05) is 6.92 Å². The van der Waals surface area contributed by atoms with Crippen molar-refractivity contribution in [2.24, 2.45) is 5.73 Å². The van der Waals surface area contributed by atoms with Gasteiger partial charge in [-0.05, 0) is 40.5 Å². The summed E-state index contributed by atoms with van der Waals surface area (Å²) < 4.78 is 12.6. The molecule has 0 unspecified atom stereocenters. The second kappa shape index (κ2) is 7.77. The zero-order valence-electron chi connectivity index (χ0n) is 14.0. The Hall–Kier alpha value is -2.23. The largest absolute Gasteiger partial charge is 0.364 e. The van der Waals surface area contributed by atoms with E-state index in [1.54, 1.807) is 16.7 Å². The second-order valence-corrected chi connectivity index (χ2v) is 6.10. The van der Waals surface area contributed by atoms with Crippen LogP contribution in [0.1, 0.15) is 16.2 Å². The molecule has 0 saturated heterocycles. The summed E-state index contributed by atoms with van der Waals surface area (Å²) in [5, 5.41) is 10.8. The molecule has 0 radical (unpaired) electrons. The van der Waals surface area contributed by atoms with Crippen molar-refractivity contribution in [3.63, 3.8) is 0 Å². The number of benzene rings is 1. The fraction of sp³-hybridized carbons (Fsp3) is 0.312. The number of methoxy groups -OCH3 is 2. The van der Waals surface area contributed by atoms with Gasteiger partial charge in [-0.2, -0.15) is 0 Å². The van der Waals surface area contributed by atoms with Crippen LogP contribution in [0.25, 0.3) is 11.1 Å². The van der Waals surface area contributed by atoms with Crippen LogP contribution in [0.3, 0.4) is 0 Å². The highest BCUT2D eigenvalue weighted by atomic mass is 79.9. The number of primary amides is 1. The molecule has 8 nitrogen and oxygen atoms in total. The number of nitro groups is 1. The summed E-state index contributed by atoms with van der Waals surface area (Å²) in [6.07, 6.45) is -0.555. The van der Waals surface area contributed by atoms with Crippen LogP contribution in [-0.4, -0.2) is 35.9 Å². The summed E-state index contributed by atoms with van der Waals surface area (Å²) in [6, 6.07) is 6.08. The van der Waals surface area contributed by atoms with E-state index in [-0.39, 0.29) is 17.9 Å². The van der Waals surface area contributed by atoms with Crippen molar-refractivity contribution in [2.75, 3.05) is 14.2 Å². The Labute approximate surface area is 152 Å². The fourth-order valence-corrected chi connectivity index (χ4v) is 3.57. The fourth-order valence-electron chi connectivity index (χ4n) is 2.65. The molecule has 0 bridgehead atoms. The number of nitro benzene ring substituents is 1. The van der Waals surface area contributed by atoms with Crippen molar-refractivity contribution >= 4 is 27.5 Å². The number of hydrogen-bond acceptors (Lipinski definition) is 5. The van der Waals surface area contributed by atoms with E-state index < -0.39 is 17.1 Å². The van der Waals surface area contributed by atoms with E-state index in [4.69, 9.17) is 15.2 Å². The third kappa shape index (κ3) is 3.73. The first-order valence-corrected chi connectivity index (χ1v) is 8.09. The molecule has 134 valence electrons. The lowest BCUT2D eigenvalue weighted by Crippen LogP contribution is -2.25. The first kappa shape index (κ1) is 19.1. The molecule has 1 aromatic carbocycles. The predicted octanol–water partition coefficient (Wildman–Crippen LogP) is 2.85. The van der Waals surface area contributed by atoms with E-state index in [0.717, 1.165) is 16.8 Å². The number of nitrogens with zero attached hydrogens (tertiary/aromatic N) is 2. The summed E-state index contributed by atoms with van der Waals surface area (Å²) in [7, 11) is 3.01. The molecule has 1 amide bonds. The van der Waals surface area contributed by atoms with Gasteiger partial charge < -0.3 is 19.8 Å². The van der Waals surface area contributed by atoms with Gasteiger partial charge >= 0.3 is 0 Å². The van der Waals surface area contributed by atoms with Gasteiger partial charge in [-0.25, -0.2) is 0 Å². The standard InChI is InChI=1S/C16H18BrN3O5/c1-9-13(10-4-6-11(7-5-10)20(22)23)14(17)15(16(18)21)19(9)8-12(24-2)25-3/h4-7,12H,8H2,1-3H3,(H2,18,21). The average Bonchev–Trinajstić information content (AvgIpc) is 2.82. The molecule has 2 aromatic rings. The quantitative estimate of drug-likeness (QED) is 0.427. The maximum atomic E-state index is 11.9. The van der Waals surface area contributed by atoms with Gasteiger partial charge in [-0.3, -0.25) is 14.9 Å². The van der Waals surface area contributed by atoms with Gasteiger partial charge in [-0.15, -0.1) is 0 Å². The Bertz CT molecular complexity index is 797. The highest BCUT2D eigenvalue weighted by Crippen LogP contribution is 2.37. The van der Waals surface area contributed by atoms with Crippen molar-refractivity contribution in [3.8, 4) is 11.1 Å². The van der Waals surface area contributed by atoms with Crippen molar-refractivity contribution < 1.29 is 19.2 Å². The van der Waals surface area contributed by atoms with Crippen LogP contribution in [0.5, 0.6) is 0 Å². The number of ether oxygens (including phenoxy) is 2. The minimum atomic E-state index is -0.603. The second-order valence-electron chi connectivity index (χ2n) is 5.30. The minimum Gasteiger partial charge on any atom is -0.364 e. The molecule has 1 aromatic heterocycles. The maximum absolute atomic E-state index is 11.9. The molecule has 0 saturated carbocycles. The molecule has 0 aliphatic carbocycles. The molecule has 1 heterocycles. The highest BCUT2D eigenvalue weighted by Gasteiger charge is 2.25. The topological polar surface area (TPSA) is 110 Å². The summed E-state index contributed by atoms with van der Waals surface area (Å²) in [6.45, 7) is 2.10. The molecule has 25 heavy (non-hydrogen) atoms. The number of non-ortho nitro benzene ring substituents is 1. The van der Waals surface area contributed by atoms with Gasteiger partial charge in [0.1, 0.15) is 5.69 Å². The Balaban J connectivity index is 2.59. The number of amides is 1. The summed E-state index contributed by atoms with van der Waals surface area (Å²) in [5.41, 5.74) is 8.03. The number of hydrogen-bond donors (Lipinski definition) is 1. The maximum Gasteiger partial charge on any atom is 0.269 e. The number of rotatable bonds is 7. The average molecular weight is 412 g/mol.